The van der Waals surface area contributed by atoms with Crippen LogP contribution in [0.15, 0.2) is 48.2 Å². The van der Waals surface area contributed by atoms with Gasteiger partial charge in [-0.15, -0.1) is 0 Å². The normalized spacial score (nSPS) is 26.1. The Labute approximate surface area is 161 Å². The molecular formula is C21H22F3N3O. The van der Waals surface area contributed by atoms with E-state index < -0.39 is 11.9 Å². The molecule has 2 atom stereocenters. The molecule has 2 fully saturated rings. The Hall–Kier alpha value is -2.57. The Kier molecular flexibility index (Phi) is 4.36. The van der Waals surface area contributed by atoms with Crippen molar-refractivity contribution in [3.63, 3.8) is 0 Å². The minimum Gasteiger partial charge on any atom is -0.335 e. The molecule has 1 aromatic carbocycles. The summed E-state index contributed by atoms with van der Waals surface area (Å²) in [5.74, 6) is -0.0194. The molecule has 1 aliphatic heterocycles. The maximum atomic E-state index is 13.0. The first-order chi connectivity index (χ1) is 13.2. The maximum absolute atomic E-state index is 13.0. The predicted molar refractivity (Wildman–Crippen MR) is 99.1 cm³/mol. The van der Waals surface area contributed by atoms with Crippen LogP contribution in [0.2, 0.25) is 0 Å². The van der Waals surface area contributed by atoms with Crippen LogP contribution in [0.25, 0.3) is 5.69 Å². The summed E-state index contributed by atoms with van der Waals surface area (Å²) in [6.45, 7) is 5.02. The zero-order valence-electron chi connectivity index (χ0n) is 15.8. The van der Waals surface area contributed by atoms with E-state index in [1.807, 2.05) is 11.8 Å². The molecule has 1 amide bonds. The minimum atomic E-state index is -4.48. The molecule has 1 aromatic heterocycles. The third-order valence-corrected chi connectivity index (χ3v) is 5.80. The van der Waals surface area contributed by atoms with Crippen molar-refractivity contribution in [1.82, 2.24) is 14.7 Å². The van der Waals surface area contributed by atoms with Crippen LogP contribution in [0.3, 0.4) is 0 Å². The van der Waals surface area contributed by atoms with E-state index in [4.69, 9.17) is 0 Å². The Morgan fingerprint density at radius 3 is 2.57 bits per heavy atom. The molecule has 0 N–H and O–H groups in total. The van der Waals surface area contributed by atoms with Crippen LogP contribution < -0.4 is 0 Å². The number of benzene rings is 1. The van der Waals surface area contributed by atoms with Gasteiger partial charge in [0.15, 0.2) is 5.69 Å². The number of carbonyl (C=O) groups excluding carboxylic acids is 1. The van der Waals surface area contributed by atoms with Gasteiger partial charge in [0.25, 0.3) is 5.91 Å². The Balaban J connectivity index is 1.53. The SMILES string of the molecule is C/C=C1/CC2CC(C)(C1)CN2C(=O)c1ccc(-n2ccc(C(F)(F)F)n2)cc1. The number of alkyl halides is 3. The highest BCUT2D eigenvalue weighted by molar-refractivity contribution is 5.95. The van der Waals surface area contributed by atoms with Crippen molar-refractivity contribution in [2.75, 3.05) is 6.54 Å². The third-order valence-electron chi connectivity index (χ3n) is 5.80. The summed E-state index contributed by atoms with van der Waals surface area (Å²) in [5.41, 5.74) is 1.62. The summed E-state index contributed by atoms with van der Waals surface area (Å²) >= 11 is 0. The van der Waals surface area contributed by atoms with Gasteiger partial charge in [0, 0.05) is 24.3 Å². The van der Waals surface area contributed by atoms with Crippen LogP contribution in [0.4, 0.5) is 13.2 Å². The van der Waals surface area contributed by atoms with Crippen molar-refractivity contribution < 1.29 is 18.0 Å². The summed E-state index contributed by atoms with van der Waals surface area (Å²) in [4.78, 5) is 15.0. The smallest absolute Gasteiger partial charge is 0.335 e. The van der Waals surface area contributed by atoms with Crippen molar-refractivity contribution in [1.29, 1.82) is 0 Å². The lowest BCUT2D eigenvalue weighted by Crippen LogP contribution is -2.35. The lowest BCUT2D eigenvalue weighted by molar-refractivity contribution is -0.141. The van der Waals surface area contributed by atoms with E-state index in [-0.39, 0.29) is 17.4 Å². The second-order valence-corrected chi connectivity index (χ2v) is 8.12. The number of allylic oxidation sites excluding steroid dienone is 1. The topological polar surface area (TPSA) is 38.1 Å². The van der Waals surface area contributed by atoms with Gasteiger partial charge in [-0.3, -0.25) is 4.79 Å². The number of carbonyl (C=O) groups is 1. The predicted octanol–water partition coefficient (Wildman–Crippen LogP) is 4.85. The van der Waals surface area contributed by atoms with Gasteiger partial charge >= 0.3 is 6.18 Å². The lowest BCUT2D eigenvalue weighted by atomic mass is 9.75. The Morgan fingerprint density at radius 1 is 1.25 bits per heavy atom. The molecule has 2 aromatic rings. The van der Waals surface area contributed by atoms with E-state index in [0.29, 0.717) is 11.3 Å². The molecular weight excluding hydrogens is 367 g/mol. The minimum absolute atomic E-state index is 0.0194. The van der Waals surface area contributed by atoms with Crippen molar-refractivity contribution in [3.8, 4) is 5.69 Å². The first-order valence-corrected chi connectivity index (χ1v) is 9.37. The van der Waals surface area contributed by atoms with Gasteiger partial charge in [0.2, 0.25) is 0 Å². The lowest BCUT2D eigenvalue weighted by Gasteiger charge is -2.29. The van der Waals surface area contributed by atoms with Crippen molar-refractivity contribution in [2.45, 2.75) is 45.3 Å². The number of hydrogen-bond acceptors (Lipinski definition) is 2. The molecule has 0 radical (unpaired) electrons. The van der Waals surface area contributed by atoms with E-state index >= 15 is 0 Å². The summed E-state index contributed by atoms with van der Waals surface area (Å²) in [7, 11) is 0. The van der Waals surface area contributed by atoms with E-state index in [9.17, 15) is 18.0 Å². The van der Waals surface area contributed by atoms with Crippen LogP contribution >= 0.6 is 0 Å². The molecule has 4 rings (SSSR count). The van der Waals surface area contributed by atoms with Crippen LogP contribution in [-0.4, -0.2) is 33.2 Å². The number of fused-ring (bicyclic) bond motifs is 2. The first kappa shape index (κ1) is 18.8. The Morgan fingerprint density at radius 2 is 1.96 bits per heavy atom. The number of amides is 1. The summed E-state index contributed by atoms with van der Waals surface area (Å²) < 4.78 is 39.3. The quantitative estimate of drug-likeness (QED) is 0.689. The fourth-order valence-corrected chi connectivity index (χ4v) is 4.52. The molecule has 1 saturated heterocycles. The molecule has 1 aliphatic carbocycles. The number of hydrogen-bond donors (Lipinski definition) is 0. The molecule has 4 nitrogen and oxygen atoms in total. The van der Waals surface area contributed by atoms with Crippen molar-refractivity contribution in [3.05, 3.63) is 59.4 Å². The van der Waals surface area contributed by atoms with Crippen LogP contribution in [-0.2, 0) is 6.18 Å². The number of likely N-dealkylation sites (tertiary alicyclic amines) is 1. The van der Waals surface area contributed by atoms with E-state index in [1.54, 1.807) is 24.3 Å². The van der Waals surface area contributed by atoms with Gasteiger partial charge in [0.05, 0.1) is 5.69 Å². The highest BCUT2D eigenvalue weighted by Crippen LogP contribution is 2.47. The second-order valence-electron chi connectivity index (χ2n) is 8.12. The number of halogens is 3. The average Bonchev–Trinajstić information content (AvgIpc) is 3.24. The van der Waals surface area contributed by atoms with E-state index in [2.05, 4.69) is 18.1 Å². The van der Waals surface area contributed by atoms with Gasteiger partial charge in [0.1, 0.15) is 0 Å². The number of rotatable bonds is 2. The van der Waals surface area contributed by atoms with Gasteiger partial charge in [-0.05, 0) is 61.9 Å². The monoisotopic (exact) mass is 389 g/mol. The molecule has 7 heteroatoms. The van der Waals surface area contributed by atoms with E-state index in [0.717, 1.165) is 31.9 Å². The van der Waals surface area contributed by atoms with Crippen molar-refractivity contribution >= 4 is 5.91 Å². The fourth-order valence-electron chi connectivity index (χ4n) is 4.52. The van der Waals surface area contributed by atoms with Crippen LogP contribution in [0.5, 0.6) is 0 Å². The largest absolute Gasteiger partial charge is 0.435 e. The molecule has 2 bridgehead atoms. The maximum Gasteiger partial charge on any atom is 0.435 e. The fraction of sp³-hybridized carbons (Fsp3) is 0.429. The summed E-state index contributed by atoms with van der Waals surface area (Å²) in [5, 5.41) is 3.56. The summed E-state index contributed by atoms with van der Waals surface area (Å²) in [6.07, 6.45) is 1.92. The van der Waals surface area contributed by atoms with Crippen LogP contribution in [0.1, 0.15) is 49.2 Å². The highest BCUT2D eigenvalue weighted by Gasteiger charge is 2.46. The van der Waals surface area contributed by atoms with Gasteiger partial charge < -0.3 is 4.90 Å². The molecule has 28 heavy (non-hydrogen) atoms. The van der Waals surface area contributed by atoms with Gasteiger partial charge in [-0.25, -0.2) is 4.68 Å². The molecule has 2 aliphatic rings. The second kappa shape index (κ2) is 6.50. The van der Waals surface area contributed by atoms with Crippen molar-refractivity contribution in [2.24, 2.45) is 5.41 Å². The first-order valence-electron chi connectivity index (χ1n) is 9.37. The zero-order valence-corrected chi connectivity index (χ0v) is 15.8. The van der Waals surface area contributed by atoms with Crippen LogP contribution in [0, 0.1) is 5.41 Å². The van der Waals surface area contributed by atoms with Gasteiger partial charge in [-0.2, -0.15) is 18.3 Å². The third kappa shape index (κ3) is 3.34. The number of nitrogens with zero attached hydrogens (tertiary/aromatic N) is 3. The standard InChI is InChI=1S/C21H22F3N3O/c1-3-14-10-17-12-20(2,11-14)13-26(17)19(28)15-4-6-16(7-5-15)27-9-8-18(25-27)21(22,23)24/h3-9,17H,10-13H2,1-2H3/b14-3-. The highest BCUT2D eigenvalue weighted by atomic mass is 19.4. The Bertz CT molecular complexity index is 929. The molecule has 2 unspecified atom stereocenters. The molecule has 148 valence electrons. The molecule has 1 saturated carbocycles. The van der Waals surface area contributed by atoms with Gasteiger partial charge in [-0.1, -0.05) is 18.6 Å². The average molecular weight is 389 g/mol. The molecule has 0 spiro atoms. The van der Waals surface area contributed by atoms with E-state index in [1.165, 1.54) is 16.5 Å². The molecule has 2 heterocycles. The number of aromatic nitrogens is 2. The zero-order chi connectivity index (χ0) is 20.1. The summed E-state index contributed by atoms with van der Waals surface area (Å²) in [6, 6.07) is 7.73.